The Morgan fingerprint density at radius 1 is 1.27 bits per heavy atom. The molecule has 3 aromatic rings. The highest BCUT2D eigenvalue weighted by molar-refractivity contribution is 5.91. The normalized spacial score (nSPS) is 10.6. The van der Waals surface area contributed by atoms with Crippen molar-refractivity contribution in [1.29, 1.82) is 0 Å². The number of anilines is 1. The fraction of sp³-hybridized carbons (Fsp3) is 0.133. The topological polar surface area (TPSA) is 90.3 Å². The molecule has 22 heavy (non-hydrogen) atoms. The number of furan rings is 1. The lowest BCUT2D eigenvalue weighted by Crippen LogP contribution is -2.26. The molecule has 1 amide bonds. The van der Waals surface area contributed by atoms with E-state index in [0.717, 1.165) is 10.2 Å². The predicted molar refractivity (Wildman–Crippen MR) is 78.3 cm³/mol. The number of carbonyl (C=O) groups excluding carboxylic acids is 1. The van der Waals surface area contributed by atoms with Gasteiger partial charge in [0.2, 0.25) is 5.91 Å². The Kier molecular flexibility index (Phi) is 3.61. The lowest BCUT2D eigenvalue weighted by molar-refractivity contribution is -0.117. The van der Waals surface area contributed by atoms with E-state index in [4.69, 9.17) is 8.83 Å². The van der Waals surface area contributed by atoms with Gasteiger partial charge in [-0.2, -0.15) is 4.68 Å². The van der Waals surface area contributed by atoms with E-state index in [1.807, 2.05) is 25.1 Å². The predicted octanol–water partition coefficient (Wildman–Crippen LogP) is 2.04. The second kappa shape index (κ2) is 5.72. The fourth-order valence-corrected chi connectivity index (χ4v) is 1.94. The fourth-order valence-electron chi connectivity index (χ4n) is 1.94. The Balaban J connectivity index is 1.75. The van der Waals surface area contributed by atoms with Crippen molar-refractivity contribution in [2.45, 2.75) is 13.5 Å². The van der Waals surface area contributed by atoms with Crippen molar-refractivity contribution < 1.29 is 13.6 Å². The average Bonchev–Trinajstić information content (AvgIpc) is 3.12. The van der Waals surface area contributed by atoms with Crippen molar-refractivity contribution in [2.24, 2.45) is 0 Å². The molecule has 112 valence electrons. The first-order valence-electron chi connectivity index (χ1n) is 6.61. The third-order valence-electron chi connectivity index (χ3n) is 3.05. The maximum Gasteiger partial charge on any atom is 0.437 e. The number of carbonyl (C=O) groups is 1. The summed E-state index contributed by atoms with van der Waals surface area (Å²) in [4.78, 5) is 23.7. The quantitative estimate of drug-likeness (QED) is 0.796. The number of nitrogens with one attached hydrogen (secondary N) is 1. The minimum Gasteiger partial charge on any atom is -0.459 e. The van der Waals surface area contributed by atoms with Crippen LogP contribution in [0.4, 0.5) is 5.69 Å². The van der Waals surface area contributed by atoms with Gasteiger partial charge in [-0.25, -0.2) is 4.79 Å². The van der Waals surface area contributed by atoms with Gasteiger partial charge in [0.1, 0.15) is 6.54 Å². The van der Waals surface area contributed by atoms with Crippen LogP contribution in [0.25, 0.3) is 11.7 Å². The number of hydrogen-bond donors (Lipinski definition) is 1. The van der Waals surface area contributed by atoms with Gasteiger partial charge in [0.05, 0.1) is 6.26 Å². The van der Waals surface area contributed by atoms with Crippen LogP contribution in [0, 0.1) is 6.92 Å². The van der Waals surface area contributed by atoms with Crippen LogP contribution in [-0.4, -0.2) is 15.7 Å². The van der Waals surface area contributed by atoms with Crippen LogP contribution in [-0.2, 0) is 11.3 Å². The summed E-state index contributed by atoms with van der Waals surface area (Å²) < 4.78 is 11.0. The summed E-state index contributed by atoms with van der Waals surface area (Å²) in [7, 11) is 0. The van der Waals surface area contributed by atoms with Gasteiger partial charge in [-0.05, 0) is 30.7 Å². The summed E-state index contributed by atoms with van der Waals surface area (Å²) >= 11 is 0. The second-order valence-corrected chi connectivity index (χ2v) is 4.67. The third kappa shape index (κ3) is 2.83. The van der Waals surface area contributed by atoms with Crippen molar-refractivity contribution in [3.63, 3.8) is 0 Å². The van der Waals surface area contributed by atoms with Crippen molar-refractivity contribution in [2.75, 3.05) is 5.32 Å². The monoisotopic (exact) mass is 299 g/mol. The molecule has 0 fully saturated rings. The number of nitrogens with zero attached hydrogens (tertiary/aromatic N) is 2. The highest BCUT2D eigenvalue weighted by atomic mass is 16.4. The van der Waals surface area contributed by atoms with Crippen LogP contribution in [0.5, 0.6) is 0 Å². The molecule has 7 heteroatoms. The molecule has 0 unspecified atom stereocenters. The van der Waals surface area contributed by atoms with Gasteiger partial charge in [-0.15, -0.1) is 5.10 Å². The van der Waals surface area contributed by atoms with Gasteiger partial charge in [0.25, 0.3) is 5.89 Å². The van der Waals surface area contributed by atoms with Gasteiger partial charge in [-0.3, -0.25) is 4.79 Å². The standard InChI is InChI=1S/C15H13N3O4/c1-10-5-2-3-6-11(10)16-13(19)9-18-15(20)22-14(17-18)12-7-4-8-21-12/h2-8H,9H2,1H3,(H,16,19). The molecule has 0 spiro atoms. The summed E-state index contributed by atoms with van der Waals surface area (Å²) in [5, 5.41) is 6.67. The minimum absolute atomic E-state index is 0.0405. The van der Waals surface area contributed by atoms with Crippen molar-refractivity contribution in [3.8, 4) is 11.7 Å². The molecule has 1 aromatic carbocycles. The van der Waals surface area contributed by atoms with E-state index in [1.165, 1.54) is 6.26 Å². The molecular weight excluding hydrogens is 286 g/mol. The first-order chi connectivity index (χ1) is 10.6. The molecule has 0 aliphatic rings. The van der Waals surface area contributed by atoms with Crippen LogP contribution in [0.15, 0.2) is 56.3 Å². The zero-order valence-corrected chi connectivity index (χ0v) is 11.8. The Bertz CT molecular complexity index is 846. The first-order valence-corrected chi connectivity index (χ1v) is 6.61. The molecule has 0 aliphatic carbocycles. The van der Waals surface area contributed by atoms with Crippen LogP contribution in [0.3, 0.4) is 0 Å². The van der Waals surface area contributed by atoms with Gasteiger partial charge in [-0.1, -0.05) is 18.2 Å². The zero-order valence-electron chi connectivity index (χ0n) is 11.8. The molecular formula is C15H13N3O4. The van der Waals surface area contributed by atoms with Crippen molar-refractivity contribution in [3.05, 3.63) is 58.8 Å². The number of rotatable bonds is 4. The number of para-hydroxylation sites is 1. The zero-order chi connectivity index (χ0) is 15.5. The smallest absolute Gasteiger partial charge is 0.437 e. The number of hydrogen-bond acceptors (Lipinski definition) is 5. The molecule has 0 bridgehead atoms. The molecule has 0 saturated heterocycles. The summed E-state index contributed by atoms with van der Waals surface area (Å²) in [6, 6.07) is 10.6. The van der Waals surface area contributed by atoms with Crippen LogP contribution in [0.2, 0.25) is 0 Å². The van der Waals surface area contributed by atoms with E-state index >= 15 is 0 Å². The van der Waals surface area contributed by atoms with Gasteiger partial charge >= 0.3 is 5.76 Å². The number of amides is 1. The molecule has 0 radical (unpaired) electrons. The highest BCUT2D eigenvalue weighted by Gasteiger charge is 2.15. The SMILES string of the molecule is Cc1ccccc1NC(=O)Cn1nc(-c2ccco2)oc1=O. The lowest BCUT2D eigenvalue weighted by atomic mass is 10.2. The van der Waals surface area contributed by atoms with Crippen molar-refractivity contribution >= 4 is 11.6 Å². The Labute approximate surface area is 125 Å². The Morgan fingerprint density at radius 3 is 2.82 bits per heavy atom. The molecule has 1 N–H and O–H groups in total. The van der Waals surface area contributed by atoms with E-state index < -0.39 is 5.76 Å². The van der Waals surface area contributed by atoms with E-state index in [2.05, 4.69) is 10.4 Å². The van der Waals surface area contributed by atoms with Crippen LogP contribution >= 0.6 is 0 Å². The van der Waals surface area contributed by atoms with Crippen LogP contribution < -0.4 is 11.1 Å². The Morgan fingerprint density at radius 2 is 2.09 bits per heavy atom. The third-order valence-corrected chi connectivity index (χ3v) is 3.05. The summed E-state index contributed by atoms with van der Waals surface area (Å²) in [5.41, 5.74) is 1.62. The second-order valence-electron chi connectivity index (χ2n) is 4.67. The van der Waals surface area contributed by atoms with E-state index in [9.17, 15) is 9.59 Å². The van der Waals surface area contributed by atoms with Crippen molar-refractivity contribution in [1.82, 2.24) is 9.78 Å². The molecule has 0 saturated carbocycles. The van der Waals surface area contributed by atoms with Gasteiger partial charge < -0.3 is 14.2 Å². The molecule has 0 atom stereocenters. The average molecular weight is 299 g/mol. The molecule has 7 nitrogen and oxygen atoms in total. The van der Waals surface area contributed by atoms with Crippen LogP contribution in [0.1, 0.15) is 5.56 Å². The minimum atomic E-state index is -0.716. The number of aryl methyl sites for hydroxylation is 1. The summed E-state index contributed by atoms with van der Waals surface area (Å²) in [5.74, 6) is -0.712. The Hall–Kier alpha value is -3.09. The summed E-state index contributed by atoms with van der Waals surface area (Å²) in [6.45, 7) is 1.64. The van der Waals surface area contributed by atoms with Gasteiger partial charge in [0.15, 0.2) is 5.76 Å². The highest BCUT2D eigenvalue weighted by Crippen LogP contribution is 2.15. The molecule has 0 aliphatic heterocycles. The van der Waals surface area contributed by atoms with E-state index in [0.29, 0.717) is 11.4 Å². The number of benzene rings is 1. The van der Waals surface area contributed by atoms with Gasteiger partial charge in [0, 0.05) is 5.69 Å². The maximum absolute atomic E-state index is 12.0. The molecule has 2 aromatic heterocycles. The van der Waals surface area contributed by atoms with E-state index in [-0.39, 0.29) is 18.3 Å². The first kappa shape index (κ1) is 13.9. The van der Waals surface area contributed by atoms with E-state index in [1.54, 1.807) is 18.2 Å². The largest absolute Gasteiger partial charge is 0.459 e. The molecule has 3 rings (SSSR count). The molecule has 2 heterocycles. The summed E-state index contributed by atoms with van der Waals surface area (Å²) in [6.07, 6.45) is 1.44. The maximum atomic E-state index is 12.0. The lowest BCUT2D eigenvalue weighted by Gasteiger charge is -2.07. The number of aromatic nitrogens is 2.